The number of hydrogen-bond acceptors (Lipinski definition) is 2. The second kappa shape index (κ2) is 4.05. The highest BCUT2D eigenvalue weighted by molar-refractivity contribution is 5.83. The number of allylic oxidation sites excluding steroid dienone is 2. The van der Waals surface area contributed by atoms with Gasteiger partial charge in [0, 0.05) is 12.3 Å². The summed E-state index contributed by atoms with van der Waals surface area (Å²) in [4.78, 5) is 11.9. The Bertz CT molecular complexity index is 373. The highest BCUT2D eigenvalue weighted by atomic mass is 16.1. The number of hydrogen-bond donors (Lipinski definition) is 0. The Morgan fingerprint density at radius 2 is 2.38 bits per heavy atom. The largest absolute Gasteiger partial charge is 0.299 e. The Morgan fingerprint density at radius 3 is 3.00 bits per heavy atom. The molecule has 2 saturated carbocycles. The summed E-state index contributed by atoms with van der Waals surface area (Å²) in [6.45, 7) is 4.10. The van der Waals surface area contributed by atoms with E-state index in [9.17, 15) is 10.1 Å². The summed E-state index contributed by atoms with van der Waals surface area (Å²) in [6.07, 6.45) is 6.49. The van der Waals surface area contributed by atoms with E-state index in [4.69, 9.17) is 0 Å². The average molecular weight is 217 g/mol. The molecular weight excluding hydrogens is 198 g/mol. The van der Waals surface area contributed by atoms with Gasteiger partial charge in [-0.25, -0.2) is 0 Å². The standard InChI is InChI=1S/C14H19NO/c1-10(2)5-6-14(9-15)8-11-3-4-13(16)12(14)7-11/h5,11-12H,3-4,6-8H2,1-2H3. The Hall–Kier alpha value is -1.10. The van der Waals surface area contributed by atoms with Crippen molar-refractivity contribution in [2.75, 3.05) is 0 Å². The van der Waals surface area contributed by atoms with Gasteiger partial charge in [0.05, 0.1) is 11.5 Å². The monoisotopic (exact) mass is 217 g/mol. The van der Waals surface area contributed by atoms with Crippen LogP contribution in [0.3, 0.4) is 0 Å². The first-order chi connectivity index (χ1) is 7.57. The Morgan fingerprint density at radius 1 is 1.62 bits per heavy atom. The fourth-order valence-corrected chi connectivity index (χ4v) is 3.26. The van der Waals surface area contributed by atoms with Crippen molar-refractivity contribution in [1.82, 2.24) is 0 Å². The van der Waals surface area contributed by atoms with Crippen LogP contribution in [0.1, 0.15) is 46.0 Å². The SMILES string of the molecule is CC(C)=CCC1(C#N)CC2CCC(=O)C1C2. The van der Waals surface area contributed by atoms with Crippen LogP contribution in [0.2, 0.25) is 0 Å². The van der Waals surface area contributed by atoms with Gasteiger partial charge in [-0.1, -0.05) is 11.6 Å². The summed E-state index contributed by atoms with van der Waals surface area (Å²) in [5.74, 6) is 0.970. The van der Waals surface area contributed by atoms with Crippen LogP contribution in [0.25, 0.3) is 0 Å². The second-order valence-corrected chi connectivity index (χ2v) is 5.62. The predicted molar refractivity (Wildman–Crippen MR) is 62.5 cm³/mol. The van der Waals surface area contributed by atoms with Crippen molar-refractivity contribution in [2.45, 2.75) is 46.0 Å². The van der Waals surface area contributed by atoms with Crippen molar-refractivity contribution in [3.8, 4) is 6.07 Å². The molecule has 2 fully saturated rings. The smallest absolute Gasteiger partial charge is 0.137 e. The van der Waals surface area contributed by atoms with Crippen molar-refractivity contribution < 1.29 is 4.79 Å². The molecule has 2 heteroatoms. The molecule has 2 bridgehead atoms. The van der Waals surface area contributed by atoms with Crippen LogP contribution in [-0.4, -0.2) is 5.78 Å². The number of nitrogens with zero attached hydrogens (tertiary/aromatic N) is 1. The number of nitriles is 1. The fourth-order valence-electron chi connectivity index (χ4n) is 3.26. The van der Waals surface area contributed by atoms with Gasteiger partial charge in [-0.3, -0.25) is 4.79 Å². The van der Waals surface area contributed by atoms with E-state index in [0.717, 1.165) is 25.7 Å². The first-order valence-corrected chi connectivity index (χ1v) is 6.15. The molecule has 2 rings (SSSR count). The van der Waals surface area contributed by atoms with Gasteiger partial charge in [0.1, 0.15) is 5.78 Å². The Balaban J connectivity index is 2.25. The normalized spacial score (nSPS) is 36.9. The maximum atomic E-state index is 11.9. The highest BCUT2D eigenvalue weighted by Gasteiger charge is 2.52. The number of Topliss-reactive ketones (excluding diaryl/α,β-unsaturated/α-hetero) is 1. The lowest BCUT2D eigenvalue weighted by Crippen LogP contribution is -2.29. The molecule has 2 aliphatic carbocycles. The van der Waals surface area contributed by atoms with Crippen LogP contribution in [0.15, 0.2) is 11.6 Å². The minimum atomic E-state index is -0.379. The molecule has 2 aliphatic rings. The Kier molecular flexibility index (Phi) is 2.88. The number of carbonyl (C=O) groups excluding carboxylic acids is 1. The summed E-state index contributed by atoms with van der Waals surface area (Å²) < 4.78 is 0. The molecule has 0 aromatic carbocycles. The summed E-state index contributed by atoms with van der Waals surface area (Å²) in [7, 11) is 0. The van der Waals surface area contributed by atoms with Gasteiger partial charge in [-0.2, -0.15) is 5.26 Å². The van der Waals surface area contributed by atoms with E-state index < -0.39 is 0 Å². The van der Waals surface area contributed by atoms with Crippen molar-refractivity contribution >= 4 is 5.78 Å². The van der Waals surface area contributed by atoms with E-state index in [-0.39, 0.29) is 11.3 Å². The molecule has 3 unspecified atom stereocenters. The van der Waals surface area contributed by atoms with Gasteiger partial charge >= 0.3 is 0 Å². The highest BCUT2D eigenvalue weighted by Crippen LogP contribution is 2.53. The molecule has 2 nitrogen and oxygen atoms in total. The number of fused-ring (bicyclic) bond motifs is 2. The van der Waals surface area contributed by atoms with E-state index in [0.29, 0.717) is 18.1 Å². The maximum absolute atomic E-state index is 11.9. The van der Waals surface area contributed by atoms with Gasteiger partial charge < -0.3 is 0 Å². The number of ketones is 1. The van der Waals surface area contributed by atoms with Crippen molar-refractivity contribution in [1.29, 1.82) is 5.26 Å². The molecule has 0 spiro atoms. The van der Waals surface area contributed by atoms with Crippen LogP contribution >= 0.6 is 0 Å². The maximum Gasteiger partial charge on any atom is 0.137 e. The lowest BCUT2D eigenvalue weighted by Gasteiger charge is -2.26. The lowest BCUT2D eigenvalue weighted by atomic mass is 9.74. The van der Waals surface area contributed by atoms with Gasteiger partial charge in [0.25, 0.3) is 0 Å². The first kappa shape index (κ1) is 11.4. The molecule has 0 aromatic heterocycles. The minimum Gasteiger partial charge on any atom is -0.299 e. The van der Waals surface area contributed by atoms with E-state index in [1.165, 1.54) is 5.57 Å². The lowest BCUT2D eigenvalue weighted by molar-refractivity contribution is -0.126. The molecular formula is C14H19NO. The predicted octanol–water partition coefficient (Wildman–Crippen LogP) is 3.24. The van der Waals surface area contributed by atoms with Crippen LogP contribution in [0.4, 0.5) is 0 Å². The quantitative estimate of drug-likeness (QED) is 0.666. The second-order valence-electron chi connectivity index (χ2n) is 5.62. The van der Waals surface area contributed by atoms with Crippen LogP contribution in [0, 0.1) is 28.6 Å². The first-order valence-electron chi connectivity index (χ1n) is 6.15. The fraction of sp³-hybridized carbons (Fsp3) is 0.714. The topological polar surface area (TPSA) is 40.9 Å². The summed E-state index contributed by atoms with van der Waals surface area (Å²) in [5, 5.41) is 9.46. The van der Waals surface area contributed by atoms with Crippen molar-refractivity contribution in [3.05, 3.63) is 11.6 Å². The van der Waals surface area contributed by atoms with Gasteiger partial charge in [-0.05, 0) is 45.4 Å². The van der Waals surface area contributed by atoms with E-state index in [2.05, 4.69) is 12.1 Å². The van der Waals surface area contributed by atoms with E-state index in [1.807, 2.05) is 13.8 Å². The molecule has 0 amide bonds. The molecule has 0 N–H and O–H groups in total. The summed E-state index contributed by atoms with van der Waals surface area (Å²) >= 11 is 0. The zero-order valence-corrected chi connectivity index (χ0v) is 10.1. The van der Waals surface area contributed by atoms with Gasteiger partial charge in [-0.15, -0.1) is 0 Å². The number of carbonyl (C=O) groups is 1. The van der Waals surface area contributed by atoms with Crippen LogP contribution in [-0.2, 0) is 4.79 Å². The molecule has 0 saturated heterocycles. The zero-order valence-electron chi connectivity index (χ0n) is 10.1. The molecule has 0 heterocycles. The third-order valence-corrected chi connectivity index (χ3v) is 4.17. The molecule has 3 atom stereocenters. The van der Waals surface area contributed by atoms with Crippen LogP contribution in [0.5, 0.6) is 0 Å². The van der Waals surface area contributed by atoms with Crippen LogP contribution < -0.4 is 0 Å². The molecule has 0 aromatic rings. The average Bonchev–Trinajstić information content (AvgIpc) is 2.57. The molecule has 0 aliphatic heterocycles. The van der Waals surface area contributed by atoms with E-state index >= 15 is 0 Å². The molecule has 86 valence electrons. The number of rotatable bonds is 2. The van der Waals surface area contributed by atoms with Crippen molar-refractivity contribution in [3.63, 3.8) is 0 Å². The van der Waals surface area contributed by atoms with Gasteiger partial charge in [0.2, 0.25) is 0 Å². The Labute approximate surface area is 97.3 Å². The molecule has 16 heavy (non-hydrogen) atoms. The summed E-state index contributed by atoms with van der Waals surface area (Å²) in [6, 6.07) is 2.47. The molecule has 0 radical (unpaired) electrons. The third-order valence-electron chi connectivity index (χ3n) is 4.17. The van der Waals surface area contributed by atoms with E-state index in [1.54, 1.807) is 0 Å². The third kappa shape index (κ3) is 1.80. The minimum absolute atomic E-state index is 0.0202. The van der Waals surface area contributed by atoms with Crippen molar-refractivity contribution in [2.24, 2.45) is 17.3 Å². The zero-order chi connectivity index (χ0) is 11.8. The van der Waals surface area contributed by atoms with Gasteiger partial charge in [0.15, 0.2) is 0 Å². The summed E-state index contributed by atoms with van der Waals surface area (Å²) in [5.41, 5.74) is 0.860.